The van der Waals surface area contributed by atoms with Crippen LogP contribution in [0.15, 0.2) is 41.1 Å². The van der Waals surface area contributed by atoms with Crippen LogP contribution in [0.3, 0.4) is 0 Å². The van der Waals surface area contributed by atoms with Gasteiger partial charge in [0.25, 0.3) is 11.8 Å². The zero-order valence-corrected chi connectivity index (χ0v) is 12.9. The lowest BCUT2D eigenvalue weighted by Gasteiger charge is -1.96. The van der Waals surface area contributed by atoms with Crippen molar-refractivity contribution < 1.29 is 14.1 Å². The molecule has 3 aromatic rings. The van der Waals surface area contributed by atoms with Crippen LogP contribution in [-0.2, 0) is 0 Å². The van der Waals surface area contributed by atoms with E-state index < -0.39 is 11.8 Å². The fourth-order valence-electron chi connectivity index (χ4n) is 1.85. The standard InChI is InChI=1S/C15H12N4O3S/c1-8-2-4-9(5-3-8)10-6-11(22-19-10)14(21)18-15-17-7-12(23-15)13(16)20/h2-7H,1H3,(H2,16,20)(H,17,18,21). The smallest absolute Gasteiger partial charge is 0.296 e. The highest BCUT2D eigenvalue weighted by atomic mass is 32.1. The largest absolute Gasteiger partial charge is 0.365 e. The van der Waals surface area contributed by atoms with Gasteiger partial charge in [0.1, 0.15) is 10.6 Å². The minimum Gasteiger partial charge on any atom is -0.365 e. The SMILES string of the molecule is Cc1ccc(-c2cc(C(=O)Nc3ncc(C(N)=O)s3)on2)cc1. The summed E-state index contributed by atoms with van der Waals surface area (Å²) in [6, 6.07) is 9.24. The number of carbonyl (C=O) groups is 2. The normalized spacial score (nSPS) is 10.5. The number of nitrogens with two attached hydrogens (primary N) is 1. The first-order chi connectivity index (χ1) is 11.0. The van der Waals surface area contributed by atoms with E-state index in [2.05, 4.69) is 15.5 Å². The monoisotopic (exact) mass is 328 g/mol. The topological polar surface area (TPSA) is 111 Å². The number of amides is 2. The van der Waals surface area contributed by atoms with Gasteiger partial charge in [0, 0.05) is 11.6 Å². The van der Waals surface area contributed by atoms with Crippen molar-refractivity contribution in [2.45, 2.75) is 6.92 Å². The number of nitrogens with one attached hydrogen (secondary N) is 1. The Hall–Kier alpha value is -3.00. The molecule has 0 unspecified atom stereocenters. The number of aromatic nitrogens is 2. The van der Waals surface area contributed by atoms with E-state index in [4.69, 9.17) is 10.3 Å². The lowest BCUT2D eigenvalue weighted by Crippen LogP contribution is -2.10. The highest BCUT2D eigenvalue weighted by Crippen LogP contribution is 2.22. The maximum absolute atomic E-state index is 12.1. The van der Waals surface area contributed by atoms with Crippen LogP contribution in [0.5, 0.6) is 0 Å². The number of anilines is 1. The number of rotatable bonds is 4. The average Bonchev–Trinajstić information content (AvgIpc) is 3.17. The average molecular weight is 328 g/mol. The van der Waals surface area contributed by atoms with Crippen molar-refractivity contribution in [1.82, 2.24) is 10.1 Å². The molecule has 3 N–H and O–H groups in total. The lowest BCUT2D eigenvalue weighted by atomic mass is 10.1. The van der Waals surface area contributed by atoms with E-state index >= 15 is 0 Å². The molecule has 3 rings (SSSR count). The molecule has 23 heavy (non-hydrogen) atoms. The number of hydrogen-bond acceptors (Lipinski definition) is 6. The maximum atomic E-state index is 12.1. The summed E-state index contributed by atoms with van der Waals surface area (Å²) in [5.74, 6) is -1.04. The molecular formula is C15H12N4O3S. The van der Waals surface area contributed by atoms with E-state index in [0.29, 0.717) is 5.69 Å². The molecule has 116 valence electrons. The van der Waals surface area contributed by atoms with Crippen LogP contribution in [0, 0.1) is 6.92 Å². The second kappa shape index (κ2) is 6.01. The van der Waals surface area contributed by atoms with Crippen LogP contribution in [-0.4, -0.2) is 22.0 Å². The molecule has 7 nitrogen and oxygen atoms in total. The number of carbonyl (C=O) groups excluding carboxylic acids is 2. The Morgan fingerprint density at radius 2 is 2.00 bits per heavy atom. The number of primary amides is 1. The Labute approximate surface area is 135 Å². The number of thiazole rings is 1. The molecule has 0 atom stereocenters. The first-order valence-corrected chi connectivity index (χ1v) is 7.45. The van der Waals surface area contributed by atoms with Crippen LogP contribution >= 0.6 is 11.3 Å². The van der Waals surface area contributed by atoms with E-state index in [9.17, 15) is 9.59 Å². The first-order valence-electron chi connectivity index (χ1n) is 6.63. The molecule has 2 aromatic heterocycles. The molecule has 0 aliphatic heterocycles. The van der Waals surface area contributed by atoms with Crippen molar-refractivity contribution in [3.8, 4) is 11.3 Å². The summed E-state index contributed by atoms with van der Waals surface area (Å²) < 4.78 is 5.06. The fraction of sp³-hybridized carbons (Fsp3) is 0.0667. The van der Waals surface area contributed by atoms with Crippen LogP contribution in [0.4, 0.5) is 5.13 Å². The van der Waals surface area contributed by atoms with Crippen LogP contribution in [0.1, 0.15) is 25.8 Å². The Bertz CT molecular complexity index is 867. The molecular weight excluding hydrogens is 316 g/mol. The third-order valence-corrected chi connectivity index (χ3v) is 3.98. The van der Waals surface area contributed by atoms with E-state index in [-0.39, 0.29) is 15.8 Å². The number of nitrogens with zero attached hydrogens (tertiary/aromatic N) is 2. The van der Waals surface area contributed by atoms with Gasteiger partial charge in [-0.05, 0) is 6.92 Å². The third kappa shape index (κ3) is 3.27. The third-order valence-electron chi connectivity index (χ3n) is 3.05. The summed E-state index contributed by atoms with van der Waals surface area (Å²) in [6.07, 6.45) is 1.31. The van der Waals surface area contributed by atoms with Gasteiger partial charge in [0.15, 0.2) is 5.13 Å². The summed E-state index contributed by atoms with van der Waals surface area (Å²) in [6.45, 7) is 1.99. The van der Waals surface area contributed by atoms with Crippen molar-refractivity contribution in [3.05, 3.63) is 52.7 Å². The van der Waals surface area contributed by atoms with Crippen molar-refractivity contribution in [1.29, 1.82) is 0 Å². The van der Waals surface area contributed by atoms with E-state index in [1.807, 2.05) is 31.2 Å². The highest BCUT2D eigenvalue weighted by Gasteiger charge is 2.16. The molecule has 0 aliphatic rings. The zero-order valence-electron chi connectivity index (χ0n) is 12.1. The van der Waals surface area contributed by atoms with E-state index in [0.717, 1.165) is 22.5 Å². The van der Waals surface area contributed by atoms with E-state index in [1.54, 1.807) is 6.07 Å². The Balaban J connectivity index is 1.75. The van der Waals surface area contributed by atoms with Gasteiger partial charge >= 0.3 is 0 Å². The van der Waals surface area contributed by atoms with Gasteiger partial charge in [-0.2, -0.15) is 0 Å². The Kier molecular flexibility index (Phi) is 3.90. The summed E-state index contributed by atoms with van der Waals surface area (Å²) in [5.41, 5.74) is 7.68. The second-order valence-electron chi connectivity index (χ2n) is 4.79. The Morgan fingerprint density at radius 3 is 2.65 bits per heavy atom. The van der Waals surface area contributed by atoms with E-state index in [1.165, 1.54) is 6.20 Å². The minimum atomic E-state index is -0.593. The summed E-state index contributed by atoms with van der Waals surface area (Å²) in [5, 5.41) is 6.68. The maximum Gasteiger partial charge on any atom is 0.296 e. The van der Waals surface area contributed by atoms with Gasteiger partial charge < -0.3 is 10.3 Å². The van der Waals surface area contributed by atoms with Crippen LogP contribution in [0.2, 0.25) is 0 Å². The molecule has 2 heterocycles. The molecule has 0 saturated carbocycles. The summed E-state index contributed by atoms with van der Waals surface area (Å²) in [4.78, 5) is 27.3. The quantitative estimate of drug-likeness (QED) is 0.764. The zero-order chi connectivity index (χ0) is 16.4. The van der Waals surface area contributed by atoms with Crippen molar-refractivity contribution in [2.24, 2.45) is 5.73 Å². The van der Waals surface area contributed by atoms with Gasteiger partial charge in [-0.15, -0.1) is 0 Å². The number of benzene rings is 1. The predicted octanol–water partition coefficient (Wildman–Crippen LogP) is 2.46. The summed E-state index contributed by atoms with van der Waals surface area (Å²) in [7, 11) is 0. The van der Waals surface area contributed by atoms with Gasteiger partial charge in [0.2, 0.25) is 5.76 Å². The molecule has 2 amide bonds. The fourth-order valence-corrected chi connectivity index (χ4v) is 2.51. The van der Waals surface area contributed by atoms with Crippen LogP contribution < -0.4 is 11.1 Å². The van der Waals surface area contributed by atoms with Crippen LogP contribution in [0.25, 0.3) is 11.3 Å². The molecule has 0 bridgehead atoms. The first kappa shape index (κ1) is 14.9. The van der Waals surface area contributed by atoms with Gasteiger partial charge in [-0.3, -0.25) is 14.9 Å². The predicted molar refractivity (Wildman–Crippen MR) is 85.3 cm³/mol. The summed E-state index contributed by atoms with van der Waals surface area (Å²) >= 11 is 0.989. The van der Waals surface area contributed by atoms with Gasteiger partial charge in [0.05, 0.1) is 6.20 Å². The lowest BCUT2D eigenvalue weighted by molar-refractivity contribution is 0.0984. The molecule has 8 heteroatoms. The Morgan fingerprint density at radius 1 is 1.26 bits per heavy atom. The number of aryl methyl sites for hydroxylation is 1. The number of hydrogen-bond donors (Lipinski definition) is 2. The van der Waals surface area contributed by atoms with Crippen molar-refractivity contribution >= 4 is 28.3 Å². The highest BCUT2D eigenvalue weighted by molar-refractivity contribution is 7.17. The molecule has 0 spiro atoms. The minimum absolute atomic E-state index is 0.0522. The van der Waals surface area contributed by atoms with Gasteiger partial charge in [-0.25, -0.2) is 4.98 Å². The molecule has 0 fully saturated rings. The van der Waals surface area contributed by atoms with Gasteiger partial charge in [-0.1, -0.05) is 46.3 Å². The van der Waals surface area contributed by atoms with Crippen molar-refractivity contribution in [3.63, 3.8) is 0 Å². The second-order valence-corrected chi connectivity index (χ2v) is 5.82. The molecule has 0 aliphatic carbocycles. The molecule has 1 aromatic carbocycles. The molecule has 0 radical (unpaired) electrons. The molecule has 0 saturated heterocycles. The van der Waals surface area contributed by atoms with Crippen molar-refractivity contribution in [2.75, 3.05) is 5.32 Å².